The van der Waals surface area contributed by atoms with E-state index in [2.05, 4.69) is 14.8 Å². The predicted octanol–water partition coefficient (Wildman–Crippen LogP) is 0.433. The van der Waals surface area contributed by atoms with Gasteiger partial charge in [-0.2, -0.15) is 0 Å². The van der Waals surface area contributed by atoms with Gasteiger partial charge in [-0.05, 0) is 13.0 Å². The Morgan fingerprint density at radius 1 is 1.25 bits per heavy atom. The highest BCUT2D eigenvalue weighted by molar-refractivity contribution is 5.38. The van der Waals surface area contributed by atoms with Gasteiger partial charge in [-0.1, -0.05) is 0 Å². The van der Waals surface area contributed by atoms with Gasteiger partial charge in [0, 0.05) is 45.0 Å². The summed E-state index contributed by atoms with van der Waals surface area (Å²) in [6, 6.07) is 0. The monoisotopic (exact) mass is 334 g/mol. The molecule has 3 aliphatic heterocycles. The van der Waals surface area contributed by atoms with Gasteiger partial charge in [-0.15, -0.1) is 0 Å². The molecule has 1 aromatic heterocycles. The molecule has 4 heterocycles. The van der Waals surface area contributed by atoms with Crippen molar-refractivity contribution in [2.45, 2.75) is 18.4 Å². The number of methoxy groups -OCH3 is 1. The van der Waals surface area contributed by atoms with Crippen molar-refractivity contribution in [3.63, 3.8) is 0 Å². The zero-order chi connectivity index (χ0) is 16.4. The molecule has 132 valence electrons. The first-order valence-corrected chi connectivity index (χ1v) is 8.79. The summed E-state index contributed by atoms with van der Waals surface area (Å²) in [5, 5.41) is 0. The minimum Gasteiger partial charge on any atom is -0.383 e. The molecule has 24 heavy (non-hydrogen) atoms. The summed E-state index contributed by atoms with van der Waals surface area (Å²) < 4.78 is 16.6. The fourth-order valence-corrected chi connectivity index (χ4v) is 3.98. The second kappa shape index (κ2) is 6.92. The van der Waals surface area contributed by atoms with Gasteiger partial charge in [-0.25, -0.2) is 9.97 Å². The Morgan fingerprint density at radius 2 is 2.12 bits per heavy atom. The van der Waals surface area contributed by atoms with Crippen molar-refractivity contribution in [2.24, 2.45) is 0 Å². The summed E-state index contributed by atoms with van der Waals surface area (Å²) in [4.78, 5) is 14.3. The lowest BCUT2D eigenvalue weighted by atomic mass is 9.80. The zero-order valence-electron chi connectivity index (χ0n) is 14.4. The van der Waals surface area contributed by atoms with E-state index in [0.717, 1.165) is 77.1 Å². The van der Waals surface area contributed by atoms with Crippen molar-refractivity contribution in [1.82, 2.24) is 14.9 Å². The average Bonchev–Trinajstić information content (AvgIpc) is 3.04. The molecular weight excluding hydrogens is 308 g/mol. The fraction of sp³-hybridized carbons (Fsp3) is 0.765. The van der Waals surface area contributed by atoms with Crippen LogP contribution in [0.4, 0.5) is 5.95 Å². The van der Waals surface area contributed by atoms with Gasteiger partial charge in [0.1, 0.15) is 0 Å². The third-order valence-electron chi connectivity index (χ3n) is 5.33. The van der Waals surface area contributed by atoms with E-state index >= 15 is 0 Å². The summed E-state index contributed by atoms with van der Waals surface area (Å²) in [5.41, 5.74) is 2.35. The van der Waals surface area contributed by atoms with Crippen LogP contribution >= 0.6 is 0 Å². The standard InChI is InChI=1S/C17H26N4O3/c1-22-7-4-20-3-2-17(12-20)13-24-11-14-10-18-16(19-15(14)17)21-5-8-23-9-6-21/h10H,2-9,11-13H2,1H3/t17-/m0/s1. The highest BCUT2D eigenvalue weighted by atomic mass is 16.5. The average molecular weight is 334 g/mol. The number of fused-ring (bicyclic) bond motifs is 2. The van der Waals surface area contributed by atoms with E-state index in [1.54, 1.807) is 7.11 Å². The molecule has 7 heteroatoms. The Hall–Kier alpha value is -1.28. The maximum atomic E-state index is 5.90. The van der Waals surface area contributed by atoms with Crippen LogP contribution in [0.5, 0.6) is 0 Å². The largest absolute Gasteiger partial charge is 0.383 e. The fourth-order valence-electron chi connectivity index (χ4n) is 3.98. The molecule has 4 rings (SSSR count). The topological polar surface area (TPSA) is 60.0 Å². The van der Waals surface area contributed by atoms with E-state index in [4.69, 9.17) is 19.2 Å². The molecule has 0 amide bonds. The van der Waals surface area contributed by atoms with E-state index in [1.165, 1.54) is 5.69 Å². The third kappa shape index (κ3) is 3.01. The number of aromatic nitrogens is 2. The molecule has 2 saturated heterocycles. The van der Waals surface area contributed by atoms with Gasteiger partial charge in [0.2, 0.25) is 5.95 Å². The van der Waals surface area contributed by atoms with Crippen LogP contribution in [0.15, 0.2) is 6.20 Å². The van der Waals surface area contributed by atoms with Crippen LogP contribution in [-0.2, 0) is 26.2 Å². The molecule has 0 saturated carbocycles. The zero-order valence-corrected chi connectivity index (χ0v) is 14.4. The van der Waals surface area contributed by atoms with Crippen molar-refractivity contribution in [3.8, 4) is 0 Å². The van der Waals surface area contributed by atoms with E-state index < -0.39 is 0 Å². The maximum absolute atomic E-state index is 5.90. The maximum Gasteiger partial charge on any atom is 0.225 e. The first kappa shape index (κ1) is 16.2. The second-order valence-corrected chi connectivity index (χ2v) is 6.94. The molecule has 1 aromatic rings. The lowest BCUT2D eigenvalue weighted by Gasteiger charge is -2.35. The summed E-state index contributed by atoms with van der Waals surface area (Å²) in [6.45, 7) is 8.40. The molecule has 0 unspecified atom stereocenters. The van der Waals surface area contributed by atoms with E-state index in [-0.39, 0.29) is 5.41 Å². The highest BCUT2D eigenvalue weighted by Gasteiger charge is 2.45. The number of rotatable bonds is 4. The number of likely N-dealkylation sites (tertiary alicyclic amines) is 1. The third-order valence-corrected chi connectivity index (χ3v) is 5.33. The van der Waals surface area contributed by atoms with Crippen molar-refractivity contribution >= 4 is 5.95 Å². The molecule has 2 fully saturated rings. The van der Waals surface area contributed by atoms with Crippen molar-refractivity contribution in [3.05, 3.63) is 17.5 Å². The predicted molar refractivity (Wildman–Crippen MR) is 89.3 cm³/mol. The van der Waals surface area contributed by atoms with Crippen LogP contribution in [-0.4, -0.2) is 81.1 Å². The SMILES string of the molecule is COCCN1CC[C@@]2(COCc3cnc(N4CCOCC4)nc32)C1. The van der Waals surface area contributed by atoms with Gasteiger partial charge < -0.3 is 19.1 Å². The van der Waals surface area contributed by atoms with Gasteiger partial charge in [0.05, 0.1) is 44.1 Å². The van der Waals surface area contributed by atoms with Gasteiger partial charge in [0.25, 0.3) is 0 Å². The first-order chi connectivity index (χ1) is 11.8. The van der Waals surface area contributed by atoms with E-state index in [1.807, 2.05) is 6.20 Å². The lowest BCUT2D eigenvalue weighted by Crippen LogP contribution is -2.42. The van der Waals surface area contributed by atoms with E-state index in [9.17, 15) is 0 Å². The lowest BCUT2D eigenvalue weighted by molar-refractivity contribution is 0.0491. The molecule has 0 N–H and O–H groups in total. The van der Waals surface area contributed by atoms with Gasteiger partial charge in [0.15, 0.2) is 0 Å². The summed E-state index contributed by atoms with van der Waals surface area (Å²) >= 11 is 0. The molecule has 1 atom stereocenters. The summed E-state index contributed by atoms with van der Waals surface area (Å²) in [7, 11) is 1.76. The van der Waals surface area contributed by atoms with Crippen molar-refractivity contribution in [1.29, 1.82) is 0 Å². The van der Waals surface area contributed by atoms with E-state index in [0.29, 0.717) is 6.61 Å². The molecule has 7 nitrogen and oxygen atoms in total. The Morgan fingerprint density at radius 3 is 2.96 bits per heavy atom. The van der Waals surface area contributed by atoms with Crippen LogP contribution in [0.2, 0.25) is 0 Å². The Labute approximate surface area is 142 Å². The molecular formula is C17H26N4O3. The minimum absolute atomic E-state index is 0.00526. The second-order valence-electron chi connectivity index (χ2n) is 6.94. The molecule has 0 aliphatic carbocycles. The smallest absolute Gasteiger partial charge is 0.225 e. The number of morpholine rings is 1. The van der Waals surface area contributed by atoms with Crippen LogP contribution in [0.25, 0.3) is 0 Å². The number of hydrogen-bond donors (Lipinski definition) is 0. The molecule has 0 bridgehead atoms. The summed E-state index contributed by atoms with van der Waals surface area (Å²) in [6.07, 6.45) is 3.05. The van der Waals surface area contributed by atoms with Crippen LogP contribution in [0.1, 0.15) is 17.7 Å². The number of nitrogens with zero attached hydrogens (tertiary/aromatic N) is 4. The number of hydrogen-bond acceptors (Lipinski definition) is 7. The molecule has 0 radical (unpaired) electrons. The van der Waals surface area contributed by atoms with Crippen molar-refractivity contribution < 1.29 is 14.2 Å². The number of anilines is 1. The van der Waals surface area contributed by atoms with Gasteiger partial charge >= 0.3 is 0 Å². The Bertz CT molecular complexity index is 579. The van der Waals surface area contributed by atoms with Gasteiger partial charge in [-0.3, -0.25) is 4.90 Å². The molecule has 1 spiro atoms. The molecule has 0 aromatic carbocycles. The normalized spacial score (nSPS) is 27.6. The molecule has 3 aliphatic rings. The van der Waals surface area contributed by atoms with Crippen LogP contribution < -0.4 is 4.90 Å². The van der Waals surface area contributed by atoms with Crippen LogP contribution in [0.3, 0.4) is 0 Å². The van der Waals surface area contributed by atoms with Crippen molar-refractivity contribution in [2.75, 3.05) is 71.2 Å². The Kier molecular flexibility index (Phi) is 4.67. The summed E-state index contributed by atoms with van der Waals surface area (Å²) in [5.74, 6) is 0.841. The Balaban J connectivity index is 1.59. The van der Waals surface area contributed by atoms with Crippen LogP contribution in [0, 0.1) is 0 Å². The minimum atomic E-state index is 0.00526. The number of ether oxygens (including phenoxy) is 3. The quantitative estimate of drug-likeness (QED) is 0.791. The highest BCUT2D eigenvalue weighted by Crippen LogP contribution is 2.39. The first-order valence-electron chi connectivity index (χ1n) is 8.79.